The molecule has 1 aromatic heterocycles. The van der Waals surface area contributed by atoms with Crippen LogP contribution in [-0.2, 0) is 11.2 Å². The normalized spacial score (nSPS) is 20.8. The molecule has 2 unspecified atom stereocenters. The van der Waals surface area contributed by atoms with Gasteiger partial charge in [-0.15, -0.1) is 0 Å². The minimum absolute atomic E-state index is 0.115. The highest BCUT2D eigenvalue weighted by atomic mass is 16.5. The fraction of sp³-hybridized carbons (Fsp3) is 0.333. The van der Waals surface area contributed by atoms with E-state index in [0.717, 1.165) is 25.7 Å². The molecule has 4 heteroatoms. The van der Waals surface area contributed by atoms with Crippen LogP contribution in [0, 0.1) is 5.92 Å². The van der Waals surface area contributed by atoms with Gasteiger partial charge in [-0.2, -0.15) is 0 Å². The topological polar surface area (TPSA) is 62.2 Å². The van der Waals surface area contributed by atoms with Crippen molar-refractivity contribution in [3.63, 3.8) is 0 Å². The number of rotatable bonds is 4. The number of nitrogens with zero attached hydrogens (tertiary/aromatic N) is 1. The lowest BCUT2D eigenvalue weighted by Crippen LogP contribution is -2.29. The third kappa shape index (κ3) is 3.17. The molecule has 1 aliphatic carbocycles. The predicted octanol–water partition coefficient (Wildman–Crippen LogP) is 3.06. The molecule has 1 heterocycles. The first-order valence-corrected chi connectivity index (χ1v) is 7.69. The third-order valence-electron chi connectivity index (χ3n) is 4.53. The molecule has 22 heavy (non-hydrogen) atoms. The number of hydroxylamine groups is 1. The van der Waals surface area contributed by atoms with Gasteiger partial charge in [0.2, 0.25) is 5.91 Å². The van der Waals surface area contributed by atoms with Crippen LogP contribution in [0.2, 0.25) is 0 Å². The highest BCUT2D eigenvalue weighted by Gasteiger charge is 2.33. The van der Waals surface area contributed by atoms with E-state index in [1.807, 2.05) is 12.1 Å². The molecular weight excluding hydrogens is 276 g/mol. The van der Waals surface area contributed by atoms with Crippen LogP contribution in [0.3, 0.4) is 0 Å². The molecule has 2 aromatic rings. The second-order valence-corrected chi connectivity index (χ2v) is 5.89. The molecule has 1 fully saturated rings. The zero-order valence-electron chi connectivity index (χ0n) is 12.4. The van der Waals surface area contributed by atoms with Gasteiger partial charge in [0.05, 0.1) is 0 Å². The van der Waals surface area contributed by atoms with Gasteiger partial charge in [0.1, 0.15) is 0 Å². The van der Waals surface area contributed by atoms with Gasteiger partial charge in [-0.25, -0.2) is 5.48 Å². The number of hydrogen-bond acceptors (Lipinski definition) is 3. The Morgan fingerprint density at radius 2 is 1.77 bits per heavy atom. The maximum absolute atomic E-state index is 11.7. The lowest BCUT2D eigenvalue weighted by molar-refractivity contribution is -0.133. The molecule has 2 atom stereocenters. The molecule has 3 rings (SSSR count). The summed E-state index contributed by atoms with van der Waals surface area (Å²) >= 11 is 0. The minimum atomic E-state index is -0.261. The van der Waals surface area contributed by atoms with Crippen LogP contribution in [0.15, 0.2) is 48.8 Å². The second-order valence-electron chi connectivity index (χ2n) is 5.89. The minimum Gasteiger partial charge on any atom is -0.289 e. The highest BCUT2D eigenvalue weighted by Crippen LogP contribution is 2.39. The molecule has 1 aliphatic rings. The predicted molar refractivity (Wildman–Crippen MR) is 83.5 cm³/mol. The summed E-state index contributed by atoms with van der Waals surface area (Å²) in [5, 5.41) is 8.86. The fourth-order valence-electron chi connectivity index (χ4n) is 3.37. The standard InChI is InChI=1S/C18H20N2O2/c21-18(20-22)17-3-1-2-16(17)15-6-4-13(5-7-15)12-14-8-10-19-11-9-14/h4-11,16-17,22H,1-3,12H2,(H,20,21). The van der Waals surface area contributed by atoms with Crippen molar-refractivity contribution in [3.8, 4) is 0 Å². The highest BCUT2D eigenvalue weighted by molar-refractivity contribution is 5.78. The molecule has 0 bridgehead atoms. The van der Waals surface area contributed by atoms with Crippen LogP contribution in [-0.4, -0.2) is 16.1 Å². The van der Waals surface area contributed by atoms with E-state index in [2.05, 4.69) is 29.2 Å². The van der Waals surface area contributed by atoms with Crippen molar-refractivity contribution in [1.82, 2.24) is 10.5 Å². The summed E-state index contributed by atoms with van der Waals surface area (Å²) in [5.41, 5.74) is 5.47. The number of amides is 1. The van der Waals surface area contributed by atoms with E-state index in [1.54, 1.807) is 17.9 Å². The molecule has 0 radical (unpaired) electrons. The van der Waals surface area contributed by atoms with E-state index in [0.29, 0.717) is 0 Å². The van der Waals surface area contributed by atoms with Crippen LogP contribution in [0.25, 0.3) is 0 Å². The lowest BCUT2D eigenvalue weighted by atomic mass is 9.87. The van der Waals surface area contributed by atoms with E-state index in [1.165, 1.54) is 16.7 Å². The molecule has 4 nitrogen and oxygen atoms in total. The van der Waals surface area contributed by atoms with Crippen LogP contribution in [0.5, 0.6) is 0 Å². The van der Waals surface area contributed by atoms with E-state index in [-0.39, 0.29) is 17.7 Å². The SMILES string of the molecule is O=C(NO)C1CCCC1c1ccc(Cc2ccncc2)cc1. The maximum atomic E-state index is 11.7. The van der Waals surface area contributed by atoms with Crippen molar-refractivity contribution in [2.24, 2.45) is 5.92 Å². The van der Waals surface area contributed by atoms with Gasteiger partial charge in [-0.05, 0) is 54.0 Å². The fourth-order valence-corrected chi connectivity index (χ4v) is 3.37. The van der Waals surface area contributed by atoms with Crippen molar-refractivity contribution in [3.05, 3.63) is 65.5 Å². The number of hydrogen-bond donors (Lipinski definition) is 2. The molecular formula is C18H20N2O2. The van der Waals surface area contributed by atoms with Gasteiger partial charge in [0.25, 0.3) is 0 Å². The monoisotopic (exact) mass is 296 g/mol. The Labute approximate surface area is 130 Å². The molecule has 114 valence electrons. The number of aromatic nitrogens is 1. The Bertz CT molecular complexity index is 625. The average molecular weight is 296 g/mol. The largest absolute Gasteiger partial charge is 0.289 e. The van der Waals surface area contributed by atoms with Crippen molar-refractivity contribution in [2.45, 2.75) is 31.6 Å². The van der Waals surface area contributed by atoms with Crippen LogP contribution in [0.1, 0.15) is 41.9 Å². The summed E-state index contributed by atoms with van der Waals surface area (Å²) in [6.45, 7) is 0. The van der Waals surface area contributed by atoms with Gasteiger partial charge in [-0.1, -0.05) is 30.7 Å². The Morgan fingerprint density at radius 1 is 1.09 bits per heavy atom. The van der Waals surface area contributed by atoms with E-state index < -0.39 is 0 Å². The molecule has 0 spiro atoms. The molecule has 2 N–H and O–H groups in total. The van der Waals surface area contributed by atoms with Crippen molar-refractivity contribution in [2.75, 3.05) is 0 Å². The van der Waals surface area contributed by atoms with Crippen molar-refractivity contribution >= 4 is 5.91 Å². The first-order valence-electron chi connectivity index (χ1n) is 7.69. The zero-order valence-corrected chi connectivity index (χ0v) is 12.4. The van der Waals surface area contributed by atoms with E-state index in [4.69, 9.17) is 5.21 Å². The van der Waals surface area contributed by atoms with Gasteiger partial charge in [0, 0.05) is 18.3 Å². The number of nitrogens with one attached hydrogen (secondary N) is 1. The number of carbonyl (C=O) groups excluding carboxylic acids is 1. The van der Waals surface area contributed by atoms with Crippen LogP contribution < -0.4 is 5.48 Å². The molecule has 0 aliphatic heterocycles. The first-order chi connectivity index (χ1) is 10.8. The third-order valence-corrected chi connectivity index (χ3v) is 4.53. The van der Waals surface area contributed by atoms with Crippen LogP contribution >= 0.6 is 0 Å². The lowest BCUT2D eigenvalue weighted by Gasteiger charge is -2.18. The molecule has 1 saturated carbocycles. The zero-order chi connectivity index (χ0) is 15.4. The average Bonchev–Trinajstić information content (AvgIpc) is 3.05. The van der Waals surface area contributed by atoms with Gasteiger partial charge >= 0.3 is 0 Å². The summed E-state index contributed by atoms with van der Waals surface area (Å²) in [4.78, 5) is 15.8. The number of benzene rings is 1. The Balaban J connectivity index is 1.72. The smallest absolute Gasteiger partial charge is 0.247 e. The van der Waals surface area contributed by atoms with Gasteiger partial charge < -0.3 is 0 Å². The van der Waals surface area contributed by atoms with E-state index >= 15 is 0 Å². The molecule has 0 saturated heterocycles. The summed E-state index contributed by atoms with van der Waals surface area (Å²) in [5.74, 6) is -0.165. The Hall–Kier alpha value is -2.20. The van der Waals surface area contributed by atoms with Crippen molar-refractivity contribution in [1.29, 1.82) is 0 Å². The molecule has 1 aromatic carbocycles. The maximum Gasteiger partial charge on any atom is 0.247 e. The number of carbonyl (C=O) groups is 1. The second kappa shape index (κ2) is 6.71. The Morgan fingerprint density at radius 3 is 2.45 bits per heavy atom. The summed E-state index contributed by atoms with van der Waals surface area (Å²) < 4.78 is 0. The summed E-state index contributed by atoms with van der Waals surface area (Å²) in [6.07, 6.45) is 7.37. The van der Waals surface area contributed by atoms with E-state index in [9.17, 15) is 4.79 Å². The Kier molecular flexibility index (Phi) is 4.49. The van der Waals surface area contributed by atoms with Crippen molar-refractivity contribution < 1.29 is 10.0 Å². The van der Waals surface area contributed by atoms with Crippen LogP contribution in [0.4, 0.5) is 0 Å². The van der Waals surface area contributed by atoms with Gasteiger partial charge in [-0.3, -0.25) is 15.0 Å². The number of pyridine rings is 1. The summed E-state index contributed by atoms with van der Waals surface area (Å²) in [6, 6.07) is 12.5. The van der Waals surface area contributed by atoms with Gasteiger partial charge in [0.15, 0.2) is 0 Å². The molecule has 1 amide bonds. The first kappa shape index (κ1) is 14.7. The summed E-state index contributed by atoms with van der Waals surface area (Å²) in [7, 11) is 0. The quantitative estimate of drug-likeness (QED) is 0.673.